The topological polar surface area (TPSA) is 60.0 Å². The van der Waals surface area contributed by atoms with E-state index in [2.05, 4.69) is 53.6 Å². The number of likely N-dealkylation sites (N-methyl/N-ethyl adjacent to an activating group) is 1. The second-order valence-electron chi connectivity index (χ2n) is 7.67. The monoisotopic (exact) mass is 547 g/mol. The van der Waals surface area contributed by atoms with Gasteiger partial charge in [-0.2, -0.15) is 0 Å². The summed E-state index contributed by atoms with van der Waals surface area (Å²) in [7, 11) is 3.69. The van der Waals surface area contributed by atoms with Crippen LogP contribution in [0.2, 0.25) is 0 Å². The highest BCUT2D eigenvalue weighted by Gasteiger charge is 2.30. The molecule has 1 aromatic rings. The molecule has 1 amide bonds. The Morgan fingerprint density at radius 3 is 2.70 bits per heavy atom. The summed E-state index contributed by atoms with van der Waals surface area (Å²) >= 11 is 1.85. The van der Waals surface area contributed by atoms with Crippen LogP contribution < -0.4 is 10.6 Å². The van der Waals surface area contributed by atoms with Crippen molar-refractivity contribution in [2.45, 2.75) is 49.3 Å². The van der Waals surface area contributed by atoms with Gasteiger partial charge in [-0.3, -0.25) is 14.7 Å². The van der Waals surface area contributed by atoms with Gasteiger partial charge < -0.3 is 15.5 Å². The average Bonchev–Trinajstić information content (AvgIpc) is 3.17. The fourth-order valence-corrected chi connectivity index (χ4v) is 4.42. The molecule has 0 radical (unpaired) electrons. The second-order valence-corrected chi connectivity index (χ2v) is 9.18. The minimum absolute atomic E-state index is 0. The first-order valence-corrected chi connectivity index (χ1v) is 11.6. The first kappa shape index (κ1) is 27.0. The van der Waals surface area contributed by atoms with E-state index < -0.39 is 0 Å². The van der Waals surface area contributed by atoms with E-state index in [-0.39, 0.29) is 35.9 Å². The predicted molar refractivity (Wildman–Crippen MR) is 139 cm³/mol. The molecule has 170 valence electrons. The van der Waals surface area contributed by atoms with Gasteiger partial charge in [-0.05, 0) is 44.9 Å². The number of amides is 1. The molecule has 1 saturated heterocycles. The standard InChI is InChI=1S/C22H37N5OS.HI/c1-5-23-22(25-17-18(2)29-19-11-7-6-8-12-19)24-14-10-16-27-15-9-13-20(27)21(28)26(3)4;/h6-8,11-12,18,20H,5,9-10,13-17H2,1-4H3,(H2,23,24,25);1H. The zero-order chi connectivity index (χ0) is 21.1. The molecular formula is C22H38IN5OS. The van der Waals surface area contributed by atoms with E-state index in [1.807, 2.05) is 31.9 Å². The first-order chi connectivity index (χ1) is 14.0. The molecule has 30 heavy (non-hydrogen) atoms. The van der Waals surface area contributed by atoms with Gasteiger partial charge >= 0.3 is 0 Å². The van der Waals surface area contributed by atoms with Gasteiger partial charge in [0, 0.05) is 43.9 Å². The van der Waals surface area contributed by atoms with Crippen LogP contribution in [0.5, 0.6) is 0 Å². The maximum absolute atomic E-state index is 12.3. The molecule has 1 aliphatic rings. The molecular weight excluding hydrogens is 509 g/mol. The third-order valence-electron chi connectivity index (χ3n) is 4.94. The van der Waals surface area contributed by atoms with Crippen LogP contribution in [0.3, 0.4) is 0 Å². The molecule has 0 aliphatic carbocycles. The summed E-state index contributed by atoms with van der Waals surface area (Å²) in [6.45, 7) is 8.72. The van der Waals surface area contributed by atoms with Crippen molar-refractivity contribution in [2.24, 2.45) is 4.99 Å². The Kier molecular flexibility index (Phi) is 13.4. The molecule has 1 fully saturated rings. The van der Waals surface area contributed by atoms with Gasteiger partial charge in [-0.25, -0.2) is 0 Å². The number of guanidine groups is 1. The van der Waals surface area contributed by atoms with Gasteiger partial charge in [0.2, 0.25) is 5.91 Å². The molecule has 8 heteroatoms. The molecule has 0 bridgehead atoms. The number of likely N-dealkylation sites (tertiary alicyclic amines) is 1. The Labute approximate surface area is 203 Å². The molecule has 1 aromatic carbocycles. The van der Waals surface area contributed by atoms with Crippen molar-refractivity contribution in [3.63, 3.8) is 0 Å². The van der Waals surface area contributed by atoms with Gasteiger partial charge in [0.1, 0.15) is 0 Å². The van der Waals surface area contributed by atoms with Crippen LogP contribution in [0.25, 0.3) is 0 Å². The Morgan fingerprint density at radius 1 is 1.30 bits per heavy atom. The molecule has 0 saturated carbocycles. The van der Waals surface area contributed by atoms with Crippen molar-refractivity contribution < 1.29 is 4.79 Å². The van der Waals surface area contributed by atoms with E-state index >= 15 is 0 Å². The van der Waals surface area contributed by atoms with Crippen molar-refractivity contribution in [1.29, 1.82) is 0 Å². The highest BCUT2D eigenvalue weighted by Crippen LogP contribution is 2.22. The largest absolute Gasteiger partial charge is 0.357 e. The van der Waals surface area contributed by atoms with Gasteiger partial charge in [-0.15, -0.1) is 35.7 Å². The molecule has 1 heterocycles. The van der Waals surface area contributed by atoms with Crippen LogP contribution in [0.15, 0.2) is 40.2 Å². The number of hydrogen-bond donors (Lipinski definition) is 2. The number of thioether (sulfide) groups is 1. The third kappa shape index (κ3) is 9.43. The number of hydrogen-bond acceptors (Lipinski definition) is 4. The van der Waals surface area contributed by atoms with Gasteiger partial charge in [-0.1, -0.05) is 25.1 Å². The molecule has 2 N–H and O–H groups in total. The van der Waals surface area contributed by atoms with E-state index in [0.29, 0.717) is 5.25 Å². The fourth-order valence-electron chi connectivity index (χ4n) is 3.49. The van der Waals surface area contributed by atoms with E-state index in [4.69, 9.17) is 4.99 Å². The van der Waals surface area contributed by atoms with Crippen LogP contribution in [0, 0.1) is 0 Å². The number of nitrogens with zero attached hydrogens (tertiary/aromatic N) is 3. The van der Waals surface area contributed by atoms with Crippen LogP contribution in [-0.2, 0) is 4.79 Å². The molecule has 2 atom stereocenters. The lowest BCUT2D eigenvalue weighted by Crippen LogP contribution is -2.44. The number of halogens is 1. The van der Waals surface area contributed by atoms with Crippen molar-refractivity contribution in [2.75, 3.05) is 46.8 Å². The molecule has 0 aromatic heterocycles. The van der Waals surface area contributed by atoms with Crippen molar-refractivity contribution in [3.05, 3.63) is 30.3 Å². The average molecular weight is 548 g/mol. The van der Waals surface area contributed by atoms with Crippen LogP contribution in [-0.4, -0.2) is 79.8 Å². The molecule has 0 spiro atoms. The number of carbonyl (C=O) groups excluding carboxylic acids is 1. The van der Waals surface area contributed by atoms with Gasteiger partial charge in [0.05, 0.1) is 12.6 Å². The van der Waals surface area contributed by atoms with Crippen molar-refractivity contribution in [1.82, 2.24) is 20.4 Å². The minimum atomic E-state index is 0. The SMILES string of the molecule is CCNC(=NCC(C)Sc1ccccc1)NCCCN1CCCC1C(=O)N(C)C.I. The smallest absolute Gasteiger partial charge is 0.239 e. The minimum Gasteiger partial charge on any atom is -0.357 e. The van der Waals surface area contributed by atoms with E-state index in [0.717, 1.165) is 57.9 Å². The summed E-state index contributed by atoms with van der Waals surface area (Å²) in [5.74, 6) is 1.10. The number of benzene rings is 1. The predicted octanol–water partition coefficient (Wildman–Crippen LogP) is 3.28. The summed E-state index contributed by atoms with van der Waals surface area (Å²) < 4.78 is 0. The first-order valence-electron chi connectivity index (χ1n) is 10.7. The summed E-state index contributed by atoms with van der Waals surface area (Å²) in [6.07, 6.45) is 3.08. The summed E-state index contributed by atoms with van der Waals surface area (Å²) in [4.78, 5) is 22.4. The lowest BCUT2D eigenvalue weighted by molar-refractivity contribution is -0.133. The van der Waals surface area contributed by atoms with E-state index in [1.54, 1.807) is 4.90 Å². The number of aliphatic imine (C=N–C) groups is 1. The Hall–Kier alpha value is -1.00. The third-order valence-corrected chi connectivity index (χ3v) is 6.03. The zero-order valence-corrected chi connectivity index (χ0v) is 21.9. The number of nitrogens with one attached hydrogen (secondary N) is 2. The summed E-state index contributed by atoms with van der Waals surface area (Å²) in [5, 5.41) is 7.18. The highest BCUT2D eigenvalue weighted by molar-refractivity contribution is 14.0. The van der Waals surface area contributed by atoms with E-state index in [1.165, 1.54) is 4.90 Å². The lowest BCUT2D eigenvalue weighted by Gasteiger charge is -2.26. The van der Waals surface area contributed by atoms with Crippen LogP contribution in [0.4, 0.5) is 0 Å². The van der Waals surface area contributed by atoms with Gasteiger partial charge in [0.25, 0.3) is 0 Å². The number of rotatable bonds is 10. The number of carbonyl (C=O) groups is 1. The normalized spacial score (nSPS) is 17.9. The Bertz CT molecular complexity index is 644. The summed E-state index contributed by atoms with van der Waals surface area (Å²) in [5.41, 5.74) is 0. The Balaban J connectivity index is 0.00000450. The highest BCUT2D eigenvalue weighted by atomic mass is 127. The van der Waals surface area contributed by atoms with E-state index in [9.17, 15) is 4.79 Å². The molecule has 1 aliphatic heterocycles. The van der Waals surface area contributed by atoms with Crippen LogP contribution >= 0.6 is 35.7 Å². The van der Waals surface area contributed by atoms with Crippen LogP contribution in [0.1, 0.15) is 33.1 Å². The van der Waals surface area contributed by atoms with Gasteiger partial charge in [0.15, 0.2) is 5.96 Å². The fraction of sp³-hybridized carbons (Fsp3) is 0.636. The lowest BCUT2D eigenvalue weighted by atomic mass is 10.2. The molecule has 6 nitrogen and oxygen atoms in total. The second kappa shape index (κ2) is 14.9. The molecule has 2 rings (SSSR count). The van der Waals surface area contributed by atoms with Crippen molar-refractivity contribution >= 4 is 47.6 Å². The van der Waals surface area contributed by atoms with Crippen molar-refractivity contribution in [3.8, 4) is 0 Å². The quantitative estimate of drug-likeness (QED) is 0.155. The maximum Gasteiger partial charge on any atom is 0.239 e. The molecule has 2 unspecified atom stereocenters. The Morgan fingerprint density at radius 2 is 2.03 bits per heavy atom. The maximum atomic E-state index is 12.3. The summed E-state index contributed by atoms with van der Waals surface area (Å²) in [6, 6.07) is 10.5. The zero-order valence-electron chi connectivity index (χ0n) is 18.8.